The number of nitrogens with two attached hydrogens (primary N) is 1. The maximum absolute atomic E-state index is 13.6. The zero-order chi connectivity index (χ0) is 20.7. The fraction of sp³-hybridized carbons (Fsp3) is 0.158. The highest BCUT2D eigenvalue weighted by atomic mass is 35.5. The van der Waals surface area contributed by atoms with Crippen LogP contribution in [-0.2, 0) is 0 Å². The van der Waals surface area contributed by atoms with Crippen molar-refractivity contribution in [3.63, 3.8) is 0 Å². The molecule has 0 aliphatic heterocycles. The van der Waals surface area contributed by atoms with Crippen molar-refractivity contribution in [2.75, 3.05) is 12.4 Å². The molecule has 3 N–H and O–H groups in total. The van der Waals surface area contributed by atoms with Gasteiger partial charge in [-0.05, 0) is 41.5 Å². The van der Waals surface area contributed by atoms with Gasteiger partial charge in [0.1, 0.15) is 6.34 Å². The molecule has 0 fully saturated rings. The summed E-state index contributed by atoms with van der Waals surface area (Å²) >= 11 is 11.7. The molecule has 2 aromatic carbocycles. The van der Waals surface area contributed by atoms with E-state index in [0.717, 1.165) is 12.4 Å². The molecule has 28 heavy (non-hydrogen) atoms. The van der Waals surface area contributed by atoms with Crippen molar-refractivity contribution in [1.82, 2.24) is 0 Å². The Labute approximate surface area is 170 Å². The first-order chi connectivity index (χ1) is 13.2. The Morgan fingerprint density at radius 3 is 2.36 bits per heavy atom. The van der Waals surface area contributed by atoms with E-state index in [1.165, 1.54) is 30.6 Å². The molecule has 1 unspecified atom stereocenters. The number of halogens is 5. The monoisotopic (exact) mass is 428 g/mol. The molecule has 2 aromatic rings. The van der Waals surface area contributed by atoms with Crippen molar-refractivity contribution in [3.05, 3.63) is 63.6 Å². The summed E-state index contributed by atoms with van der Waals surface area (Å²) in [4.78, 5) is 7.78. The average Bonchev–Trinajstić information content (AvgIpc) is 2.61. The largest absolute Gasteiger partial charge is 0.399 e. The summed E-state index contributed by atoms with van der Waals surface area (Å²) in [7, 11) is 1.68. The Bertz CT molecular complexity index is 888. The van der Waals surface area contributed by atoms with Gasteiger partial charge in [0.15, 0.2) is 0 Å². The lowest BCUT2D eigenvalue weighted by atomic mass is 9.97. The molecule has 0 aliphatic rings. The molecule has 0 aromatic heterocycles. The fourth-order valence-corrected chi connectivity index (χ4v) is 3.02. The van der Waals surface area contributed by atoms with Crippen LogP contribution in [0.4, 0.5) is 24.5 Å². The van der Waals surface area contributed by atoms with Crippen LogP contribution in [0.2, 0.25) is 10.0 Å². The Balaban J connectivity index is 2.37. The molecule has 0 amide bonds. The lowest BCUT2D eigenvalue weighted by Crippen LogP contribution is -2.18. The number of hydrogen-bond acceptors (Lipinski definition) is 2. The maximum Gasteiger partial charge on any atom is 0.399 e. The Morgan fingerprint density at radius 1 is 1.11 bits per heavy atom. The Kier molecular flexibility index (Phi) is 7.48. The van der Waals surface area contributed by atoms with Crippen LogP contribution in [0.15, 0.2) is 52.5 Å². The molecule has 0 saturated carbocycles. The van der Waals surface area contributed by atoms with Gasteiger partial charge in [-0.25, -0.2) is 9.98 Å². The normalized spacial score (nSPS) is 13.6. The summed E-state index contributed by atoms with van der Waals surface area (Å²) in [5.74, 6) is -1.85. The Morgan fingerprint density at radius 2 is 1.79 bits per heavy atom. The lowest BCUT2D eigenvalue weighted by Gasteiger charge is -2.18. The molecule has 148 valence electrons. The van der Waals surface area contributed by atoms with E-state index in [1.807, 2.05) is 0 Å². The van der Waals surface area contributed by atoms with Crippen molar-refractivity contribution in [2.45, 2.75) is 12.1 Å². The molecule has 0 spiro atoms. The van der Waals surface area contributed by atoms with Gasteiger partial charge in [0, 0.05) is 17.1 Å². The van der Waals surface area contributed by atoms with Gasteiger partial charge in [0.05, 0.1) is 23.6 Å². The SMILES string of the molecule is CNc1cc(/C=C/C(c2cc(Cl)cc(Cl)c2)C(F)(F)F)ccc1N=CN=CN. The molecular weight excluding hydrogens is 412 g/mol. The van der Waals surface area contributed by atoms with Crippen molar-refractivity contribution in [2.24, 2.45) is 15.7 Å². The fourth-order valence-electron chi connectivity index (χ4n) is 2.48. The van der Waals surface area contributed by atoms with Gasteiger partial charge in [0.2, 0.25) is 0 Å². The lowest BCUT2D eigenvalue weighted by molar-refractivity contribution is -0.139. The third-order valence-corrected chi connectivity index (χ3v) is 4.15. The number of nitrogens with one attached hydrogen (secondary N) is 1. The van der Waals surface area contributed by atoms with Crippen LogP contribution in [-0.4, -0.2) is 25.9 Å². The third kappa shape index (κ3) is 6.00. The van der Waals surface area contributed by atoms with Gasteiger partial charge >= 0.3 is 6.18 Å². The van der Waals surface area contributed by atoms with Gasteiger partial charge in [-0.15, -0.1) is 0 Å². The number of alkyl halides is 3. The first-order valence-electron chi connectivity index (χ1n) is 8.03. The highest BCUT2D eigenvalue weighted by Gasteiger charge is 2.39. The third-order valence-electron chi connectivity index (χ3n) is 3.72. The minimum Gasteiger partial charge on any atom is -0.390 e. The van der Waals surface area contributed by atoms with E-state index in [4.69, 9.17) is 28.9 Å². The second kappa shape index (κ2) is 9.61. The van der Waals surface area contributed by atoms with Crippen molar-refractivity contribution in [1.29, 1.82) is 0 Å². The number of allylic oxidation sites excluding steroid dienone is 1. The van der Waals surface area contributed by atoms with Crippen molar-refractivity contribution in [3.8, 4) is 0 Å². The van der Waals surface area contributed by atoms with Gasteiger partial charge in [0.25, 0.3) is 0 Å². The summed E-state index contributed by atoms with van der Waals surface area (Å²) in [6.45, 7) is 0. The van der Waals surface area contributed by atoms with Crippen LogP contribution in [0.5, 0.6) is 0 Å². The molecule has 2 rings (SSSR count). The van der Waals surface area contributed by atoms with Gasteiger partial charge < -0.3 is 11.1 Å². The number of nitrogens with zero attached hydrogens (tertiary/aromatic N) is 2. The number of anilines is 1. The van der Waals surface area contributed by atoms with E-state index < -0.39 is 12.1 Å². The van der Waals surface area contributed by atoms with Crippen molar-refractivity contribution < 1.29 is 13.2 Å². The average molecular weight is 429 g/mol. The zero-order valence-corrected chi connectivity index (χ0v) is 16.2. The first-order valence-corrected chi connectivity index (χ1v) is 8.79. The number of hydrogen-bond donors (Lipinski definition) is 2. The molecule has 4 nitrogen and oxygen atoms in total. The second-order valence-electron chi connectivity index (χ2n) is 5.65. The highest BCUT2D eigenvalue weighted by Crippen LogP contribution is 2.38. The van der Waals surface area contributed by atoms with Crippen LogP contribution in [0.1, 0.15) is 17.0 Å². The molecule has 0 saturated heterocycles. The number of benzene rings is 2. The van der Waals surface area contributed by atoms with Gasteiger partial charge in [-0.3, -0.25) is 0 Å². The van der Waals surface area contributed by atoms with Gasteiger partial charge in [-0.1, -0.05) is 41.4 Å². The molecule has 0 aliphatic carbocycles. The molecule has 0 bridgehead atoms. The van der Waals surface area contributed by atoms with E-state index in [0.29, 0.717) is 16.9 Å². The van der Waals surface area contributed by atoms with Gasteiger partial charge in [-0.2, -0.15) is 13.2 Å². The van der Waals surface area contributed by atoms with Crippen LogP contribution in [0.3, 0.4) is 0 Å². The summed E-state index contributed by atoms with van der Waals surface area (Å²) in [6.07, 6.45) is 0.325. The molecule has 0 radical (unpaired) electrons. The second-order valence-corrected chi connectivity index (χ2v) is 6.52. The zero-order valence-electron chi connectivity index (χ0n) is 14.7. The van der Waals surface area contributed by atoms with E-state index in [-0.39, 0.29) is 15.6 Å². The minimum atomic E-state index is -4.50. The van der Waals surface area contributed by atoms with Crippen LogP contribution in [0.25, 0.3) is 6.08 Å². The standard InChI is InChI=1S/C19H17Cl2F3N4/c1-26-18-6-12(3-5-17(18)28-11-27-10-25)2-4-16(19(22,23)24)13-7-14(20)9-15(21)8-13/h2-11,16,26H,1H3,(H2,25,27,28)/b4-2+. The van der Waals surface area contributed by atoms with Crippen LogP contribution >= 0.6 is 23.2 Å². The predicted molar refractivity (Wildman–Crippen MR) is 111 cm³/mol. The molecular formula is C19H17Cl2F3N4. The van der Waals surface area contributed by atoms with Crippen LogP contribution in [0, 0.1) is 0 Å². The van der Waals surface area contributed by atoms with E-state index in [2.05, 4.69) is 15.3 Å². The molecule has 1 atom stereocenters. The quantitative estimate of drug-likeness (QED) is 0.434. The number of aliphatic imine (C=N–C) groups is 2. The summed E-state index contributed by atoms with van der Waals surface area (Å²) in [5.41, 5.74) is 6.87. The smallest absolute Gasteiger partial charge is 0.390 e. The topological polar surface area (TPSA) is 62.8 Å². The number of rotatable bonds is 6. The van der Waals surface area contributed by atoms with E-state index >= 15 is 0 Å². The first kappa shape index (κ1) is 21.8. The highest BCUT2D eigenvalue weighted by molar-refractivity contribution is 6.34. The van der Waals surface area contributed by atoms with E-state index in [1.54, 1.807) is 25.2 Å². The predicted octanol–water partition coefficient (Wildman–Crippen LogP) is 6.04. The minimum absolute atomic E-state index is 0.0315. The summed E-state index contributed by atoms with van der Waals surface area (Å²) < 4.78 is 40.7. The molecule has 9 heteroatoms. The summed E-state index contributed by atoms with van der Waals surface area (Å²) in [5, 5.41) is 3.23. The Hall–Kier alpha value is -2.51. The van der Waals surface area contributed by atoms with Crippen molar-refractivity contribution >= 4 is 53.3 Å². The molecule has 0 heterocycles. The summed E-state index contributed by atoms with van der Waals surface area (Å²) in [6, 6.07) is 8.88. The maximum atomic E-state index is 13.6. The van der Waals surface area contributed by atoms with Crippen LogP contribution < -0.4 is 11.1 Å². The van der Waals surface area contributed by atoms with E-state index in [9.17, 15) is 13.2 Å².